The van der Waals surface area contributed by atoms with Gasteiger partial charge in [0.2, 0.25) is 5.91 Å². The first-order chi connectivity index (χ1) is 11.1. The van der Waals surface area contributed by atoms with Crippen molar-refractivity contribution in [2.45, 2.75) is 50.7 Å². The van der Waals surface area contributed by atoms with Crippen molar-refractivity contribution >= 4 is 18.3 Å². The quantitative estimate of drug-likeness (QED) is 0.777. The van der Waals surface area contributed by atoms with Gasteiger partial charge in [-0.15, -0.1) is 12.4 Å². The summed E-state index contributed by atoms with van der Waals surface area (Å²) in [4.78, 5) is 14.6. The van der Waals surface area contributed by atoms with E-state index in [1.165, 1.54) is 25.0 Å². The fourth-order valence-corrected chi connectivity index (χ4v) is 3.20. The van der Waals surface area contributed by atoms with Crippen molar-refractivity contribution in [3.8, 4) is 0 Å². The van der Waals surface area contributed by atoms with Gasteiger partial charge in [0.05, 0.1) is 12.5 Å². The summed E-state index contributed by atoms with van der Waals surface area (Å²) in [6.45, 7) is 1.01. The Hall–Kier alpha value is -1.17. The van der Waals surface area contributed by atoms with E-state index in [-0.39, 0.29) is 30.2 Å². The van der Waals surface area contributed by atoms with Gasteiger partial charge < -0.3 is 15.4 Å². The number of hydrogen-bond acceptors (Lipinski definition) is 3. The molecule has 0 radical (unpaired) electrons. The van der Waals surface area contributed by atoms with Crippen molar-refractivity contribution in [3.05, 3.63) is 35.6 Å². The van der Waals surface area contributed by atoms with Crippen LogP contribution in [0.1, 0.15) is 37.7 Å². The highest BCUT2D eigenvalue weighted by molar-refractivity contribution is 5.85. The number of carbonyl (C=O) groups is 1. The number of hydrogen-bond donors (Lipinski definition) is 1. The zero-order chi connectivity index (χ0) is 16.7. The van der Waals surface area contributed by atoms with E-state index in [2.05, 4.69) is 0 Å². The molecule has 0 heterocycles. The van der Waals surface area contributed by atoms with Gasteiger partial charge in [0, 0.05) is 26.2 Å². The molecule has 0 aliphatic heterocycles. The molecule has 1 saturated carbocycles. The summed E-state index contributed by atoms with van der Waals surface area (Å²) < 4.78 is 18.2. The van der Waals surface area contributed by atoms with E-state index >= 15 is 0 Å². The lowest BCUT2D eigenvalue weighted by atomic mass is 10.1. The van der Waals surface area contributed by atoms with Crippen molar-refractivity contribution in [2.24, 2.45) is 5.73 Å². The molecule has 1 atom stereocenters. The Morgan fingerprint density at radius 2 is 1.96 bits per heavy atom. The molecule has 4 nitrogen and oxygen atoms in total. The molecule has 1 aliphatic rings. The number of amides is 1. The molecule has 24 heavy (non-hydrogen) atoms. The maximum absolute atomic E-state index is 13.0. The average Bonchev–Trinajstić information content (AvgIpc) is 3.08. The van der Waals surface area contributed by atoms with Crippen LogP contribution in [0.15, 0.2) is 24.3 Å². The zero-order valence-electron chi connectivity index (χ0n) is 14.2. The van der Waals surface area contributed by atoms with E-state index in [0.29, 0.717) is 25.6 Å². The summed E-state index contributed by atoms with van der Waals surface area (Å²) in [5.74, 6) is -0.125. The van der Waals surface area contributed by atoms with Gasteiger partial charge in [-0.1, -0.05) is 25.0 Å². The Morgan fingerprint density at radius 1 is 1.33 bits per heavy atom. The SMILES string of the molecule is COC(CN)CC(=O)N(CCc1ccc(F)cc1)C1CCCC1.Cl. The smallest absolute Gasteiger partial charge is 0.225 e. The van der Waals surface area contributed by atoms with Crippen LogP contribution in [0.3, 0.4) is 0 Å². The van der Waals surface area contributed by atoms with Gasteiger partial charge in [-0.05, 0) is 37.0 Å². The number of ether oxygens (including phenoxy) is 1. The lowest BCUT2D eigenvalue weighted by Gasteiger charge is -2.30. The first-order valence-corrected chi connectivity index (χ1v) is 8.40. The molecule has 0 bridgehead atoms. The third-order valence-electron chi connectivity index (χ3n) is 4.64. The van der Waals surface area contributed by atoms with Crippen LogP contribution in [0.5, 0.6) is 0 Å². The lowest BCUT2D eigenvalue weighted by Crippen LogP contribution is -2.42. The highest BCUT2D eigenvalue weighted by Gasteiger charge is 2.27. The van der Waals surface area contributed by atoms with E-state index < -0.39 is 0 Å². The van der Waals surface area contributed by atoms with Crippen molar-refractivity contribution < 1.29 is 13.9 Å². The maximum atomic E-state index is 13.0. The number of nitrogens with zero attached hydrogens (tertiary/aromatic N) is 1. The number of benzene rings is 1. The molecule has 1 unspecified atom stereocenters. The minimum absolute atomic E-state index is 0. The molecule has 1 aromatic rings. The number of nitrogens with two attached hydrogens (primary N) is 1. The standard InChI is InChI=1S/C18H27FN2O2.ClH/c1-23-17(13-20)12-18(22)21(16-4-2-3-5-16)11-10-14-6-8-15(19)9-7-14;/h6-9,16-17H,2-5,10-13,20H2,1H3;1H. The van der Waals surface area contributed by atoms with Crippen molar-refractivity contribution in [1.29, 1.82) is 0 Å². The van der Waals surface area contributed by atoms with Gasteiger partial charge in [-0.25, -0.2) is 4.39 Å². The van der Waals surface area contributed by atoms with Crippen LogP contribution >= 0.6 is 12.4 Å². The molecule has 1 amide bonds. The van der Waals surface area contributed by atoms with Gasteiger partial charge in [0.25, 0.3) is 0 Å². The number of methoxy groups -OCH3 is 1. The first-order valence-electron chi connectivity index (χ1n) is 8.40. The second-order valence-corrected chi connectivity index (χ2v) is 6.20. The maximum Gasteiger partial charge on any atom is 0.225 e. The summed E-state index contributed by atoms with van der Waals surface area (Å²) in [5.41, 5.74) is 6.68. The highest BCUT2D eigenvalue weighted by Crippen LogP contribution is 2.24. The zero-order valence-corrected chi connectivity index (χ0v) is 15.1. The predicted molar refractivity (Wildman–Crippen MR) is 95.8 cm³/mol. The Morgan fingerprint density at radius 3 is 2.50 bits per heavy atom. The van der Waals surface area contributed by atoms with Gasteiger partial charge in [0.15, 0.2) is 0 Å². The summed E-state index contributed by atoms with van der Waals surface area (Å²) in [6.07, 6.45) is 5.32. The summed E-state index contributed by atoms with van der Waals surface area (Å²) in [6, 6.07) is 6.81. The number of halogens is 2. The Bertz CT molecular complexity index is 488. The molecule has 1 aromatic carbocycles. The van der Waals surface area contributed by atoms with E-state index in [9.17, 15) is 9.18 Å². The number of rotatable bonds is 8. The van der Waals surface area contributed by atoms with Crippen LogP contribution in [-0.2, 0) is 16.0 Å². The first kappa shape index (κ1) is 20.9. The van der Waals surface area contributed by atoms with Crippen LogP contribution in [0.25, 0.3) is 0 Å². The van der Waals surface area contributed by atoms with E-state index in [1.807, 2.05) is 4.90 Å². The van der Waals surface area contributed by atoms with Crippen LogP contribution in [-0.4, -0.2) is 43.2 Å². The van der Waals surface area contributed by atoms with Gasteiger partial charge in [0.1, 0.15) is 5.82 Å². The van der Waals surface area contributed by atoms with Crippen LogP contribution in [0, 0.1) is 5.82 Å². The summed E-state index contributed by atoms with van der Waals surface area (Å²) in [5, 5.41) is 0. The third-order valence-corrected chi connectivity index (χ3v) is 4.64. The summed E-state index contributed by atoms with van der Waals surface area (Å²) in [7, 11) is 1.59. The van der Waals surface area contributed by atoms with Gasteiger partial charge in [-0.2, -0.15) is 0 Å². The van der Waals surface area contributed by atoms with Crippen molar-refractivity contribution in [2.75, 3.05) is 20.2 Å². The largest absolute Gasteiger partial charge is 0.380 e. The minimum atomic E-state index is -0.233. The van der Waals surface area contributed by atoms with Crippen molar-refractivity contribution in [3.63, 3.8) is 0 Å². The molecular weight excluding hydrogens is 331 g/mol. The topological polar surface area (TPSA) is 55.6 Å². The molecule has 2 rings (SSSR count). The molecule has 1 aliphatic carbocycles. The normalized spacial score (nSPS) is 15.8. The molecule has 136 valence electrons. The van der Waals surface area contributed by atoms with Crippen LogP contribution in [0.2, 0.25) is 0 Å². The second-order valence-electron chi connectivity index (χ2n) is 6.20. The molecule has 0 spiro atoms. The Kier molecular flexibility index (Phi) is 9.26. The molecular formula is C18H28ClFN2O2. The van der Waals surface area contributed by atoms with Crippen LogP contribution < -0.4 is 5.73 Å². The average molecular weight is 359 g/mol. The fraction of sp³-hybridized carbons (Fsp3) is 0.611. The van der Waals surface area contributed by atoms with Crippen molar-refractivity contribution in [1.82, 2.24) is 4.90 Å². The molecule has 1 fully saturated rings. The fourth-order valence-electron chi connectivity index (χ4n) is 3.20. The minimum Gasteiger partial charge on any atom is -0.380 e. The molecule has 2 N–H and O–H groups in total. The van der Waals surface area contributed by atoms with E-state index in [4.69, 9.17) is 10.5 Å². The second kappa shape index (κ2) is 10.6. The van der Waals surface area contributed by atoms with Gasteiger partial charge in [-0.3, -0.25) is 4.79 Å². The number of carbonyl (C=O) groups excluding carboxylic acids is 1. The monoisotopic (exact) mass is 358 g/mol. The van der Waals surface area contributed by atoms with E-state index in [1.54, 1.807) is 19.2 Å². The third kappa shape index (κ3) is 6.04. The lowest BCUT2D eigenvalue weighted by molar-refractivity contribution is -0.135. The molecule has 0 saturated heterocycles. The van der Waals surface area contributed by atoms with Gasteiger partial charge >= 0.3 is 0 Å². The van der Waals surface area contributed by atoms with E-state index in [0.717, 1.165) is 24.8 Å². The van der Waals surface area contributed by atoms with Crippen LogP contribution in [0.4, 0.5) is 4.39 Å². The molecule has 6 heteroatoms. The molecule has 0 aromatic heterocycles. The summed E-state index contributed by atoms with van der Waals surface area (Å²) >= 11 is 0. The highest BCUT2D eigenvalue weighted by atomic mass is 35.5. The predicted octanol–water partition coefficient (Wildman–Crippen LogP) is 2.93. The Balaban J connectivity index is 0.00000288. The Labute approximate surface area is 149 Å².